The van der Waals surface area contributed by atoms with Gasteiger partial charge in [0, 0.05) is 15.4 Å². The van der Waals surface area contributed by atoms with Crippen molar-refractivity contribution in [2.45, 2.75) is 31.0 Å². The van der Waals surface area contributed by atoms with Crippen LogP contribution in [0.25, 0.3) is 0 Å². The first-order valence-electron chi connectivity index (χ1n) is 5.98. The van der Waals surface area contributed by atoms with Gasteiger partial charge < -0.3 is 14.7 Å². The van der Waals surface area contributed by atoms with E-state index in [9.17, 15) is 14.7 Å². The largest absolute Gasteiger partial charge is 0.479 e. The van der Waals surface area contributed by atoms with Crippen LogP contribution in [0.4, 0.5) is 0 Å². The van der Waals surface area contributed by atoms with Gasteiger partial charge in [-0.25, -0.2) is 4.79 Å². The molecule has 1 aromatic heterocycles. The molecule has 2 fully saturated rings. The summed E-state index contributed by atoms with van der Waals surface area (Å²) in [5.41, 5.74) is 0. The van der Waals surface area contributed by atoms with Crippen LogP contribution in [0.1, 0.15) is 23.8 Å². The third-order valence-electron chi connectivity index (χ3n) is 3.36. The lowest BCUT2D eigenvalue weighted by molar-refractivity contribution is -0.173. The maximum Gasteiger partial charge on any atom is 0.335 e. The monoisotopic (exact) mass is 345 g/mol. The molecule has 1 N–H and O–H groups in total. The summed E-state index contributed by atoms with van der Waals surface area (Å²) in [6.45, 7) is -0.146. The predicted molar refractivity (Wildman–Crippen MR) is 72.0 cm³/mol. The summed E-state index contributed by atoms with van der Waals surface area (Å²) in [6, 6.07) is 1.50. The fourth-order valence-electron chi connectivity index (χ4n) is 2.40. The molecule has 0 radical (unpaired) electrons. The quantitative estimate of drug-likeness (QED) is 0.910. The molecule has 1 saturated heterocycles. The smallest absolute Gasteiger partial charge is 0.335 e. The molecule has 19 heavy (non-hydrogen) atoms. The van der Waals surface area contributed by atoms with Gasteiger partial charge in [0.05, 0.1) is 0 Å². The van der Waals surface area contributed by atoms with E-state index in [1.54, 1.807) is 4.90 Å². The molecule has 1 aliphatic carbocycles. The van der Waals surface area contributed by atoms with E-state index in [4.69, 9.17) is 4.74 Å². The van der Waals surface area contributed by atoms with E-state index in [0.717, 1.165) is 22.2 Å². The molecule has 2 atom stereocenters. The predicted octanol–water partition coefficient (Wildman–Crippen LogP) is 2.03. The number of carboxylic acid groups (broad SMARTS) is 1. The minimum atomic E-state index is -1.02. The van der Waals surface area contributed by atoms with Crippen molar-refractivity contribution in [1.82, 2.24) is 4.90 Å². The average Bonchev–Trinajstić information content (AvgIpc) is 3.10. The van der Waals surface area contributed by atoms with Gasteiger partial charge in [-0.05, 0) is 40.2 Å². The zero-order valence-electron chi connectivity index (χ0n) is 9.91. The number of carbonyl (C=O) groups is 2. The molecule has 1 saturated carbocycles. The lowest BCUT2D eigenvalue weighted by Gasteiger charge is -2.39. The number of carboxylic acids is 1. The minimum absolute atomic E-state index is 0.120. The maximum atomic E-state index is 12.1. The zero-order chi connectivity index (χ0) is 13.6. The number of hydrogen-bond acceptors (Lipinski definition) is 4. The third kappa shape index (κ3) is 2.30. The van der Waals surface area contributed by atoms with E-state index in [2.05, 4.69) is 15.9 Å². The Kier molecular flexibility index (Phi) is 3.36. The van der Waals surface area contributed by atoms with Crippen molar-refractivity contribution < 1.29 is 19.4 Å². The lowest BCUT2D eigenvalue weighted by atomic mass is 10.0. The summed E-state index contributed by atoms with van der Waals surface area (Å²) >= 11 is 4.86. The van der Waals surface area contributed by atoms with Crippen molar-refractivity contribution in [2.24, 2.45) is 0 Å². The fourth-order valence-corrected chi connectivity index (χ4v) is 4.13. The molecule has 7 heteroatoms. The van der Waals surface area contributed by atoms with E-state index < -0.39 is 18.1 Å². The molecule has 2 heterocycles. The number of thiophene rings is 1. The van der Waals surface area contributed by atoms with E-state index >= 15 is 0 Å². The van der Waals surface area contributed by atoms with E-state index in [1.165, 1.54) is 11.3 Å². The number of aliphatic carboxylic acids is 1. The molecule has 1 amide bonds. The van der Waals surface area contributed by atoms with Gasteiger partial charge in [-0.1, -0.05) is 0 Å². The number of hydrogen-bond donors (Lipinski definition) is 1. The number of morpholine rings is 1. The number of halogens is 1. The van der Waals surface area contributed by atoms with Gasteiger partial charge in [0.1, 0.15) is 12.6 Å². The van der Waals surface area contributed by atoms with Crippen molar-refractivity contribution >= 4 is 39.1 Å². The zero-order valence-corrected chi connectivity index (χ0v) is 12.3. The normalized spacial score (nSPS) is 27.6. The molecule has 2 unspecified atom stereocenters. The lowest BCUT2D eigenvalue weighted by Crippen LogP contribution is -2.52. The second-order valence-electron chi connectivity index (χ2n) is 4.68. The number of amides is 1. The van der Waals surface area contributed by atoms with Crippen molar-refractivity contribution in [2.75, 3.05) is 6.61 Å². The highest BCUT2D eigenvalue weighted by Gasteiger charge is 2.48. The highest BCUT2D eigenvalue weighted by molar-refractivity contribution is 9.10. The molecule has 5 nitrogen and oxygen atoms in total. The number of rotatable bonds is 3. The highest BCUT2D eigenvalue weighted by atomic mass is 79.9. The molecule has 2 aliphatic rings. The second-order valence-corrected chi connectivity index (χ2v) is 6.48. The van der Waals surface area contributed by atoms with Crippen molar-refractivity contribution in [3.8, 4) is 0 Å². The number of ether oxygens (including phenoxy) is 1. The topological polar surface area (TPSA) is 66.8 Å². The van der Waals surface area contributed by atoms with Crippen molar-refractivity contribution in [3.05, 3.63) is 20.8 Å². The van der Waals surface area contributed by atoms with Gasteiger partial charge in [-0.3, -0.25) is 4.79 Å². The van der Waals surface area contributed by atoms with E-state index in [1.807, 2.05) is 11.4 Å². The van der Waals surface area contributed by atoms with Crippen LogP contribution in [-0.2, 0) is 14.3 Å². The molecule has 1 aliphatic heterocycles. The van der Waals surface area contributed by atoms with Gasteiger partial charge in [-0.15, -0.1) is 11.3 Å². The number of nitrogens with zero attached hydrogens (tertiary/aromatic N) is 1. The van der Waals surface area contributed by atoms with Crippen LogP contribution in [0, 0.1) is 0 Å². The standard InChI is InChI=1S/C12H12BrNO4S/c13-7-3-4-19-11(7)9-10(12(16)17)18-5-8(15)14(9)6-1-2-6/h3-4,6,9-10H,1-2,5H2,(H,16,17). The molecule has 0 aromatic carbocycles. The molecule has 1 aromatic rings. The van der Waals surface area contributed by atoms with E-state index in [0.29, 0.717) is 0 Å². The highest BCUT2D eigenvalue weighted by Crippen LogP contribution is 2.43. The Hall–Kier alpha value is -0.920. The Balaban J connectivity index is 2.02. The minimum Gasteiger partial charge on any atom is -0.479 e. The molecule has 0 bridgehead atoms. The first-order valence-corrected chi connectivity index (χ1v) is 7.65. The van der Waals surface area contributed by atoms with Crippen LogP contribution < -0.4 is 0 Å². The molecule has 102 valence electrons. The van der Waals surface area contributed by atoms with Gasteiger partial charge in [0.25, 0.3) is 0 Å². The van der Waals surface area contributed by atoms with Crippen LogP contribution >= 0.6 is 27.3 Å². The Labute approximate surface area is 122 Å². The van der Waals surface area contributed by atoms with Crippen LogP contribution in [0.5, 0.6) is 0 Å². The van der Waals surface area contributed by atoms with Gasteiger partial charge in [0.2, 0.25) is 5.91 Å². The molecule has 0 spiro atoms. The van der Waals surface area contributed by atoms with Gasteiger partial charge >= 0.3 is 5.97 Å². The van der Waals surface area contributed by atoms with Gasteiger partial charge in [-0.2, -0.15) is 0 Å². The van der Waals surface area contributed by atoms with Crippen molar-refractivity contribution in [3.63, 3.8) is 0 Å². The summed E-state index contributed by atoms with van der Waals surface area (Å²) < 4.78 is 6.08. The average molecular weight is 346 g/mol. The summed E-state index contributed by atoms with van der Waals surface area (Å²) in [6.07, 6.45) is 0.892. The summed E-state index contributed by atoms with van der Waals surface area (Å²) in [5, 5.41) is 11.2. The maximum absolute atomic E-state index is 12.1. The van der Waals surface area contributed by atoms with Crippen LogP contribution in [-0.4, -0.2) is 40.6 Å². The third-order valence-corrected chi connectivity index (χ3v) is 5.30. The summed E-state index contributed by atoms with van der Waals surface area (Å²) in [5.74, 6) is -1.14. The second kappa shape index (κ2) is 4.88. The number of carbonyl (C=O) groups excluding carboxylic acids is 1. The van der Waals surface area contributed by atoms with Crippen LogP contribution in [0.3, 0.4) is 0 Å². The molecular weight excluding hydrogens is 334 g/mol. The first kappa shape index (κ1) is 13.1. The first-order chi connectivity index (χ1) is 9.09. The SMILES string of the molecule is O=C(O)C1OCC(=O)N(C2CC2)C1c1sccc1Br. The van der Waals surface area contributed by atoms with Gasteiger partial charge in [0.15, 0.2) is 6.10 Å². The van der Waals surface area contributed by atoms with E-state index in [-0.39, 0.29) is 18.6 Å². The Morgan fingerprint density at radius 2 is 2.26 bits per heavy atom. The molecular formula is C12H12BrNO4S. The summed E-state index contributed by atoms with van der Waals surface area (Å²) in [7, 11) is 0. The fraction of sp³-hybridized carbons (Fsp3) is 0.500. The summed E-state index contributed by atoms with van der Waals surface area (Å²) in [4.78, 5) is 26.0. The van der Waals surface area contributed by atoms with Crippen LogP contribution in [0.2, 0.25) is 0 Å². The molecule has 3 rings (SSSR count). The Morgan fingerprint density at radius 3 is 2.79 bits per heavy atom. The van der Waals surface area contributed by atoms with Crippen LogP contribution in [0.15, 0.2) is 15.9 Å². The Bertz CT molecular complexity index is 528. The Morgan fingerprint density at radius 1 is 1.53 bits per heavy atom. The van der Waals surface area contributed by atoms with Crippen molar-refractivity contribution in [1.29, 1.82) is 0 Å².